The molecule has 3 heteroatoms. The molecule has 32 heavy (non-hydrogen) atoms. The smallest absolute Gasteiger partial charge is 0.140 e. The van der Waals surface area contributed by atoms with Gasteiger partial charge in [0.2, 0.25) is 0 Å². The van der Waals surface area contributed by atoms with Gasteiger partial charge < -0.3 is 4.74 Å². The van der Waals surface area contributed by atoms with Crippen LogP contribution in [0.4, 0.5) is 5.69 Å². The fraction of sp³-hybridized carbons (Fsp3) is 0.0690. The second-order valence-electron chi connectivity index (χ2n) is 7.82. The van der Waals surface area contributed by atoms with Crippen molar-refractivity contribution in [3.63, 3.8) is 0 Å². The molecule has 1 aliphatic heterocycles. The molecule has 0 aromatic heterocycles. The Morgan fingerprint density at radius 1 is 0.719 bits per heavy atom. The molecule has 3 nitrogen and oxygen atoms in total. The van der Waals surface area contributed by atoms with Crippen LogP contribution in [0.2, 0.25) is 0 Å². The summed E-state index contributed by atoms with van der Waals surface area (Å²) in [4.78, 5) is 0. The molecule has 0 unspecified atom stereocenters. The number of nitrogens with one attached hydrogen (secondary N) is 1. The van der Waals surface area contributed by atoms with Crippen LogP contribution < -0.4 is 10.2 Å². The van der Waals surface area contributed by atoms with Gasteiger partial charge in [0.15, 0.2) is 0 Å². The van der Waals surface area contributed by atoms with E-state index >= 15 is 0 Å². The molecule has 0 aliphatic carbocycles. The first-order valence-corrected chi connectivity index (χ1v) is 10.8. The highest BCUT2D eigenvalue weighted by Gasteiger charge is 2.31. The Balaban J connectivity index is 1.68. The van der Waals surface area contributed by atoms with E-state index in [1.165, 1.54) is 11.1 Å². The van der Waals surface area contributed by atoms with Crippen LogP contribution in [0.15, 0.2) is 120 Å². The van der Waals surface area contributed by atoms with Gasteiger partial charge in [-0.05, 0) is 36.2 Å². The van der Waals surface area contributed by atoms with Gasteiger partial charge in [-0.25, -0.2) is 0 Å². The van der Waals surface area contributed by atoms with E-state index in [0.717, 1.165) is 33.9 Å². The fourth-order valence-electron chi connectivity index (χ4n) is 4.16. The molecular formula is C29H24N2O. The SMILES string of the molecule is Cc1ccccc1[C@H]1C(C=NNc2ccccc2)=C(c2ccccc2)Oc2ccccc21. The summed E-state index contributed by atoms with van der Waals surface area (Å²) in [6, 6.07) is 37.0. The zero-order chi connectivity index (χ0) is 21.8. The Labute approximate surface area is 188 Å². The molecule has 0 saturated heterocycles. The standard InChI is InChI=1S/C29H24N2O/c1-21-12-8-9-17-24(21)28-25-18-10-11-19-27(25)32-29(22-13-4-2-5-14-22)26(28)20-30-31-23-15-6-3-7-16-23/h2-20,28,31H,1H3/t28-/m1/s1. The lowest BCUT2D eigenvalue weighted by Crippen LogP contribution is -2.18. The molecule has 156 valence electrons. The Kier molecular flexibility index (Phi) is 5.54. The van der Waals surface area contributed by atoms with Gasteiger partial charge in [0.1, 0.15) is 11.5 Å². The minimum Gasteiger partial charge on any atom is -0.456 e. The quantitative estimate of drug-likeness (QED) is 0.280. The van der Waals surface area contributed by atoms with E-state index in [9.17, 15) is 0 Å². The number of rotatable bonds is 5. The van der Waals surface area contributed by atoms with E-state index in [1.807, 2.05) is 66.9 Å². The van der Waals surface area contributed by atoms with Crippen molar-refractivity contribution in [1.29, 1.82) is 0 Å². The molecule has 1 aliphatic rings. The number of nitrogens with zero attached hydrogens (tertiary/aromatic N) is 1. The number of anilines is 1. The van der Waals surface area contributed by atoms with Crippen LogP contribution >= 0.6 is 0 Å². The zero-order valence-corrected chi connectivity index (χ0v) is 17.9. The molecule has 1 atom stereocenters. The normalized spacial score (nSPS) is 15.3. The topological polar surface area (TPSA) is 33.6 Å². The summed E-state index contributed by atoms with van der Waals surface area (Å²) in [5, 5.41) is 4.61. The summed E-state index contributed by atoms with van der Waals surface area (Å²) >= 11 is 0. The van der Waals surface area contributed by atoms with Crippen LogP contribution in [0.1, 0.15) is 28.2 Å². The van der Waals surface area contributed by atoms with Gasteiger partial charge in [-0.2, -0.15) is 5.10 Å². The van der Waals surface area contributed by atoms with Crippen LogP contribution in [0.3, 0.4) is 0 Å². The Bertz CT molecular complexity index is 1280. The molecule has 5 rings (SSSR count). The second-order valence-corrected chi connectivity index (χ2v) is 7.82. The maximum absolute atomic E-state index is 6.49. The van der Waals surface area contributed by atoms with Gasteiger partial charge in [0, 0.05) is 22.6 Å². The van der Waals surface area contributed by atoms with Crippen LogP contribution in [-0.4, -0.2) is 6.21 Å². The maximum atomic E-state index is 6.49. The first-order chi connectivity index (χ1) is 15.8. The highest BCUT2D eigenvalue weighted by Crippen LogP contribution is 2.45. The third-order valence-electron chi connectivity index (χ3n) is 5.72. The highest BCUT2D eigenvalue weighted by atomic mass is 16.5. The molecule has 0 amide bonds. The molecule has 0 fully saturated rings. The van der Waals surface area contributed by atoms with Gasteiger partial charge in [-0.15, -0.1) is 0 Å². The molecule has 0 radical (unpaired) electrons. The molecule has 1 heterocycles. The first-order valence-electron chi connectivity index (χ1n) is 10.8. The van der Waals surface area contributed by atoms with E-state index in [-0.39, 0.29) is 5.92 Å². The summed E-state index contributed by atoms with van der Waals surface area (Å²) in [5.41, 5.74) is 9.77. The lowest BCUT2D eigenvalue weighted by Gasteiger charge is -2.30. The Morgan fingerprint density at radius 2 is 1.34 bits per heavy atom. The predicted octanol–water partition coefficient (Wildman–Crippen LogP) is 7.03. The van der Waals surface area contributed by atoms with Crippen LogP contribution in [0.25, 0.3) is 5.76 Å². The lowest BCUT2D eigenvalue weighted by molar-refractivity contribution is 0.489. The van der Waals surface area contributed by atoms with E-state index in [1.54, 1.807) is 0 Å². The molecule has 0 bridgehead atoms. The van der Waals surface area contributed by atoms with E-state index in [4.69, 9.17) is 4.74 Å². The molecule has 1 N–H and O–H groups in total. The summed E-state index contributed by atoms with van der Waals surface area (Å²) in [7, 11) is 0. The summed E-state index contributed by atoms with van der Waals surface area (Å²) in [5.74, 6) is 1.72. The number of hydrogen-bond donors (Lipinski definition) is 1. The van der Waals surface area contributed by atoms with Crippen molar-refractivity contribution in [2.45, 2.75) is 12.8 Å². The number of hydrogen-bond acceptors (Lipinski definition) is 3. The number of benzene rings is 4. The van der Waals surface area contributed by atoms with Crippen molar-refractivity contribution in [2.24, 2.45) is 5.10 Å². The van der Waals surface area contributed by atoms with E-state index in [2.05, 4.69) is 66.0 Å². The van der Waals surface area contributed by atoms with E-state index < -0.39 is 0 Å². The van der Waals surface area contributed by atoms with Crippen molar-refractivity contribution in [2.75, 3.05) is 5.43 Å². The third kappa shape index (κ3) is 3.93. The summed E-state index contributed by atoms with van der Waals surface area (Å²) < 4.78 is 6.49. The number of para-hydroxylation sites is 2. The predicted molar refractivity (Wildman–Crippen MR) is 132 cm³/mol. The van der Waals surface area contributed by atoms with Crippen LogP contribution in [-0.2, 0) is 0 Å². The number of fused-ring (bicyclic) bond motifs is 1. The number of hydrazone groups is 1. The van der Waals surface area contributed by atoms with E-state index in [0.29, 0.717) is 0 Å². The Morgan fingerprint density at radius 3 is 2.09 bits per heavy atom. The highest BCUT2D eigenvalue weighted by molar-refractivity contribution is 5.94. The van der Waals surface area contributed by atoms with Crippen LogP contribution in [0.5, 0.6) is 5.75 Å². The van der Waals surface area contributed by atoms with Gasteiger partial charge in [0.25, 0.3) is 0 Å². The van der Waals surface area contributed by atoms with Gasteiger partial charge in [0.05, 0.1) is 11.9 Å². The summed E-state index contributed by atoms with van der Waals surface area (Å²) in [6.45, 7) is 2.16. The van der Waals surface area contributed by atoms with Crippen molar-refractivity contribution in [3.8, 4) is 5.75 Å². The van der Waals surface area contributed by atoms with Gasteiger partial charge >= 0.3 is 0 Å². The number of allylic oxidation sites excluding steroid dienone is 1. The third-order valence-corrected chi connectivity index (χ3v) is 5.72. The van der Waals surface area contributed by atoms with Crippen molar-refractivity contribution in [1.82, 2.24) is 0 Å². The molecule has 4 aromatic rings. The first kappa shape index (κ1) is 19.8. The summed E-state index contributed by atoms with van der Waals surface area (Å²) in [6.07, 6.45) is 1.91. The second kappa shape index (κ2) is 8.94. The molecular weight excluding hydrogens is 392 g/mol. The van der Waals surface area contributed by atoms with Gasteiger partial charge in [-0.3, -0.25) is 5.43 Å². The average Bonchev–Trinajstić information content (AvgIpc) is 2.85. The van der Waals surface area contributed by atoms with Crippen molar-refractivity contribution < 1.29 is 4.74 Å². The number of aryl methyl sites for hydroxylation is 1. The molecule has 0 saturated carbocycles. The van der Waals surface area contributed by atoms with Crippen molar-refractivity contribution in [3.05, 3.63) is 137 Å². The fourth-order valence-corrected chi connectivity index (χ4v) is 4.16. The number of ether oxygens (including phenoxy) is 1. The zero-order valence-electron chi connectivity index (χ0n) is 17.9. The maximum Gasteiger partial charge on any atom is 0.140 e. The monoisotopic (exact) mass is 416 g/mol. The molecule has 4 aromatic carbocycles. The minimum absolute atomic E-state index is 0.0117. The lowest BCUT2D eigenvalue weighted by atomic mass is 9.80. The van der Waals surface area contributed by atoms with Gasteiger partial charge in [-0.1, -0.05) is 91.0 Å². The average molecular weight is 417 g/mol. The largest absolute Gasteiger partial charge is 0.456 e. The Hall–Kier alpha value is -4.11. The van der Waals surface area contributed by atoms with Crippen molar-refractivity contribution >= 4 is 17.7 Å². The minimum atomic E-state index is 0.0117. The van der Waals surface area contributed by atoms with Crippen LogP contribution in [0, 0.1) is 6.92 Å². The molecule has 0 spiro atoms.